The number of H-pyrrole nitrogens is 1. The molecule has 0 aliphatic rings. The molecule has 0 saturated carbocycles. The second kappa shape index (κ2) is 8.10. The molecule has 2 heterocycles. The molecular weight excluding hydrogens is 458 g/mol. The van der Waals surface area contributed by atoms with Gasteiger partial charge in [-0.2, -0.15) is 0 Å². The predicted molar refractivity (Wildman–Crippen MR) is 116 cm³/mol. The van der Waals surface area contributed by atoms with Gasteiger partial charge in [0.25, 0.3) is 5.91 Å². The van der Waals surface area contributed by atoms with Crippen LogP contribution in [0.5, 0.6) is 11.5 Å². The van der Waals surface area contributed by atoms with Crippen LogP contribution in [-0.2, 0) is 0 Å². The number of carbonyl (C=O) groups excluding carboxylic acids is 1. The van der Waals surface area contributed by atoms with Crippen molar-refractivity contribution in [1.82, 2.24) is 20.3 Å². The fourth-order valence-electron chi connectivity index (χ4n) is 2.69. The number of nitrogens with zero attached hydrogens (tertiary/aromatic N) is 2. The van der Waals surface area contributed by atoms with Gasteiger partial charge in [0.1, 0.15) is 17.2 Å². The van der Waals surface area contributed by atoms with Crippen molar-refractivity contribution in [3.8, 4) is 11.5 Å². The number of imidazole rings is 1. The van der Waals surface area contributed by atoms with E-state index in [0.29, 0.717) is 22.5 Å². The van der Waals surface area contributed by atoms with Gasteiger partial charge in [-0.05, 0) is 36.4 Å². The molecule has 0 fully saturated rings. The number of carbonyl (C=O) groups is 1. The van der Waals surface area contributed by atoms with Gasteiger partial charge in [0.2, 0.25) is 5.95 Å². The molecule has 4 rings (SSSR count). The van der Waals surface area contributed by atoms with E-state index in [1.54, 1.807) is 31.3 Å². The molecule has 0 aliphatic carbocycles. The number of aromatic amines is 1. The summed E-state index contributed by atoms with van der Waals surface area (Å²) in [6.07, 6.45) is 1.53. The first-order chi connectivity index (χ1) is 14.0. The van der Waals surface area contributed by atoms with Gasteiger partial charge < -0.3 is 20.4 Å². The average Bonchev–Trinajstić information content (AvgIpc) is 3.11. The number of fused-ring (bicyclic) bond motifs is 1. The maximum atomic E-state index is 11.7. The monoisotopic (exact) mass is 471 g/mol. The topological polar surface area (TPSA) is 91.9 Å². The summed E-state index contributed by atoms with van der Waals surface area (Å²) >= 11 is 9.64. The Morgan fingerprint density at radius 3 is 2.76 bits per heavy atom. The molecule has 4 aromatic rings. The van der Waals surface area contributed by atoms with Crippen molar-refractivity contribution < 1.29 is 9.53 Å². The Morgan fingerprint density at radius 2 is 1.97 bits per heavy atom. The van der Waals surface area contributed by atoms with Gasteiger partial charge in [0.15, 0.2) is 0 Å². The fraction of sp³-hybridized carbons (Fsp3) is 0.0500. The van der Waals surface area contributed by atoms with Crippen LogP contribution in [0.4, 0.5) is 11.6 Å². The lowest BCUT2D eigenvalue weighted by atomic mass is 10.3. The first-order valence-electron chi connectivity index (χ1n) is 8.59. The minimum atomic E-state index is -0.276. The van der Waals surface area contributed by atoms with Crippen molar-refractivity contribution in [2.24, 2.45) is 0 Å². The maximum absolute atomic E-state index is 11.7. The van der Waals surface area contributed by atoms with Gasteiger partial charge in [-0.25, -0.2) is 4.98 Å². The highest BCUT2D eigenvalue weighted by atomic mass is 79.9. The van der Waals surface area contributed by atoms with Gasteiger partial charge >= 0.3 is 0 Å². The van der Waals surface area contributed by atoms with Crippen LogP contribution < -0.4 is 15.4 Å². The van der Waals surface area contributed by atoms with Crippen LogP contribution >= 0.6 is 27.5 Å². The number of nitrogens with one attached hydrogen (secondary N) is 3. The zero-order chi connectivity index (χ0) is 20.4. The molecule has 0 bridgehead atoms. The standard InChI is InChI=1S/C20H15BrClN5O2/c1-23-19(28)18-10-13(6-7-24-18)29-12-3-5-16-17(9-12)27-20(26-16)25-15-4-2-11(21)8-14(15)22/h2-10H,1H3,(H,23,28)(H2,25,26,27). The third kappa shape index (κ3) is 4.33. The third-order valence-corrected chi connectivity index (χ3v) is 4.87. The fourth-order valence-corrected chi connectivity index (χ4v) is 3.41. The molecule has 2 aromatic carbocycles. The molecule has 1 amide bonds. The van der Waals surface area contributed by atoms with E-state index >= 15 is 0 Å². The number of anilines is 2. The molecule has 0 saturated heterocycles. The zero-order valence-electron chi connectivity index (χ0n) is 15.2. The zero-order valence-corrected chi connectivity index (χ0v) is 17.5. The number of ether oxygens (including phenoxy) is 1. The molecule has 0 atom stereocenters. The molecule has 146 valence electrons. The Labute approximate surface area is 179 Å². The quantitative estimate of drug-likeness (QED) is 0.368. The van der Waals surface area contributed by atoms with Gasteiger partial charge in [0.05, 0.1) is 21.7 Å². The summed E-state index contributed by atoms with van der Waals surface area (Å²) in [4.78, 5) is 23.5. The molecule has 0 unspecified atom stereocenters. The summed E-state index contributed by atoms with van der Waals surface area (Å²) in [5.41, 5.74) is 2.59. The molecule has 0 radical (unpaired) electrons. The number of rotatable bonds is 5. The van der Waals surface area contributed by atoms with Crippen LogP contribution in [0.15, 0.2) is 59.2 Å². The smallest absolute Gasteiger partial charge is 0.269 e. The van der Waals surface area contributed by atoms with Crippen molar-refractivity contribution in [2.75, 3.05) is 12.4 Å². The van der Waals surface area contributed by atoms with Crippen molar-refractivity contribution in [2.45, 2.75) is 0 Å². The largest absolute Gasteiger partial charge is 0.457 e. The van der Waals surface area contributed by atoms with Gasteiger partial charge in [-0.3, -0.25) is 9.78 Å². The van der Waals surface area contributed by atoms with Gasteiger partial charge in [-0.15, -0.1) is 0 Å². The Morgan fingerprint density at radius 1 is 1.14 bits per heavy atom. The molecule has 9 heteroatoms. The van der Waals surface area contributed by atoms with Crippen LogP contribution in [0, 0.1) is 0 Å². The second-order valence-corrected chi connectivity index (χ2v) is 7.39. The highest BCUT2D eigenvalue weighted by Crippen LogP contribution is 2.30. The van der Waals surface area contributed by atoms with E-state index in [4.69, 9.17) is 16.3 Å². The normalized spacial score (nSPS) is 10.7. The highest BCUT2D eigenvalue weighted by Gasteiger charge is 2.09. The molecular formula is C20H15BrClN5O2. The molecule has 3 N–H and O–H groups in total. The number of hydrogen-bond acceptors (Lipinski definition) is 5. The van der Waals surface area contributed by atoms with Crippen molar-refractivity contribution in [3.63, 3.8) is 0 Å². The second-order valence-electron chi connectivity index (χ2n) is 6.07. The van der Waals surface area contributed by atoms with Crippen LogP contribution in [-0.4, -0.2) is 27.9 Å². The highest BCUT2D eigenvalue weighted by molar-refractivity contribution is 9.10. The predicted octanol–water partition coefficient (Wildman–Crippen LogP) is 5.27. The maximum Gasteiger partial charge on any atom is 0.269 e. The minimum Gasteiger partial charge on any atom is -0.457 e. The molecule has 29 heavy (non-hydrogen) atoms. The van der Waals surface area contributed by atoms with Gasteiger partial charge in [0, 0.05) is 29.8 Å². The Kier molecular flexibility index (Phi) is 5.37. The van der Waals surface area contributed by atoms with E-state index in [-0.39, 0.29) is 11.6 Å². The third-order valence-electron chi connectivity index (χ3n) is 4.06. The van der Waals surface area contributed by atoms with E-state index in [0.717, 1.165) is 21.2 Å². The van der Waals surface area contributed by atoms with E-state index in [2.05, 4.69) is 41.5 Å². The lowest BCUT2D eigenvalue weighted by Crippen LogP contribution is -2.18. The van der Waals surface area contributed by atoms with Crippen LogP contribution in [0.1, 0.15) is 10.5 Å². The van der Waals surface area contributed by atoms with Crippen LogP contribution in [0.2, 0.25) is 5.02 Å². The lowest BCUT2D eigenvalue weighted by Gasteiger charge is -2.06. The summed E-state index contributed by atoms with van der Waals surface area (Å²) in [6, 6.07) is 14.3. The first kappa shape index (κ1) is 19.2. The van der Waals surface area contributed by atoms with E-state index in [1.807, 2.05) is 24.3 Å². The Bertz CT molecular complexity index is 1210. The Balaban J connectivity index is 1.56. The summed E-state index contributed by atoms with van der Waals surface area (Å²) in [5, 5.41) is 6.29. The van der Waals surface area contributed by atoms with E-state index in [1.165, 1.54) is 6.20 Å². The molecule has 7 nitrogen and oxygen atoms in total. The van der Waals surface area contributed by atoms with Crippen molar-refractivity contribution >= 4 is 56.1 Å². The minimum absolute atomic E-state index is 0.276. The SMILES string of the molecule is CNC(=O)c1cc(Oc2ccc3nc(Nc4ccc(Br)cc4Cl)[nH]c3c2)ccn1. The number of amides is 1. The average molecular weight is 473 g/mol. The summed E-state index contributed by atoms with van der Waals surface area (Å²) < 4.78 is 6.77. The number of benzene rings is 2. The first-order valence-corrected chi connectivity index (χ1v) is 9.77. The van der Waals surface area contributed by atoms with Crippen molar-refractivity contribution in [1.29, 1.82) is 0 Å². The molecule has 0 spiro atoms. The summed E-state index contributed by atoms with van der Waals surface area (Å²) in [5.74, 6) is 1.40. The van der Waals surface area contributed by atoms with Crippen LogP contribution in [0.25, 0.3) is 11.0 Å². The van der Waals surface area contributed by atoms with Gasteiger partial charge in [-0.1, -0.05) is 27.5 Å². The Hall–Kier alpha value is -3.10. The van der Waals surface area contributed by atoms with Crippen molar-refractivity contribution in [3.05, 3.63) is 69.9 Å². The van der Waals surface area contributed by atoms with Crippen LogP contribution in [0.3, 0.4) is 0 Å². The molecule has 2 aromatic heterocycles. The summed E-state index contributed by atoms with van der Waals surface area (Å²) in [7, 11) is 1.55. The number of halogens is 2. The summed E-state index contributed by atoms with van der Waals surface area (Å²) in [6.45, 7) is 0. The van der Waals surface area contributed by atoms with E-state index in [9.17, 15) is 4.79 Å². The van der Waals surface area contributed by atoms with E-state index < -0.39 is 0 Å². The lowest BCUT2D eigenvalue weighted by molar-refractivity contribution is 0.0958. The number of aromatic nitrogens is 3. The molecule has 0 aliphatic heterocycles. The number of pyridine rings is 1. The number of hydrogen-bond donors (Lipinski definition) is 3.